The van der Waals surface area contributed by atoms with Crippen LogP contribution in [0.25, 0.3) is 11.1 Å². The van der Waals surface area contributed by atoms with Crippen molar-refractivity contribution < 1.29 is 35.4 Å². The maximum absolute atomic E-state index is 12.8. The highest BCUT2D eigenvalue weighted by molar-refractivity contribution is 6.33. The Balaban J connectivity index is 1.86. The van der Waals surface area contributed by atoms with Crippen LogP contribution in [-0.4, -0.2) is 85.9 Å². The van der Waals surface area contributed by atoms with Crippen molar-refractivity contribution >= 4 is 50.6 Å². The van der Waals surface area contributed by atoms with Crippen LogP contribution in [0.3, 0.4) is 0 Å². The molecule has 1 amide bonds. The van der Waals surface area contributed by atoms with E-state index >= 15 is 0 Å². The molecule has 2 unspecified atom stereocenters. The number of nitrogens with zero attached hydrogens (tertiary/aromatic N) is 1. The quantitative estimate of drug-likeness (QED) is 0.130. The number of benzene rings is 1. The smallest absolute Gasteiger partial charge is 0.295 e. The minimum absolute atomic E-state index is 0.0940. The van der Waals surface area contributed by atoms with Crippen molar-refractivity contribution in [3.8, 4) is 11.1 Å². The van der Waals surface area contributed by atoms with Crippen molar-refractivity contribution in [3.05, 3.63) is 70.1 Å². The Morgan fingerprint density at radius 3 is 2.39 bits per heavy atom. The van der Waals surface area contributed by atoms with E-state index in [9.17, 15) is 35.4 Å². The van der Waals surface area contributed by atoms with E-state index in [-0.39, 0.29) is 28.7 Å². The Morgan fingerprint density at radius 1 is 1.11 bits per heavy atom. The van der Waals surface area contributed by atoms with Crippen molar-refractivity contribution in [2.75, 3.05) is 11.9 Å². The van der Waals surface area contributed by atoms with Crippen molar-refractivity contribution in [3.63, 3.8) is 0 Å². The van der Waals surface area contributed by atoms with Gasteiger partial charge in [-0.1, -0.05) is 35.3 Å². The molecule has 0 saturated heterocycles. The highest BCUT2D eigenvalue weighted by Crippen LogP contribution is 2.33. The summed E-state index contributed by atoms with van der Waals surface area (Å²) in [5.41, 5.74) is -5.43. The second kappa shape index (κ2) is 10.4. The average Bonchev–Trinajstić information content (AvgIpc) is 3.27. The molecule has 0 bridgehead atoms. The standard InChI is InChI=1S/C21H20B2Cl2N4O7/c22-19(20(23,32)33,21(34,35)36)29-17-6-13(14(25)8-27-17)11-5-15(26-7-11)18(31)28-16(9-30)10-2-1-3-12(24)4-10/h1-8,16,26,30,32-36H,9H2,(H,27,29)(H,28,31). The predicted molar refractivity (Wildman–Crippen MR) is 132 cm³/mol. The molecule has 36 heavy (non-hydrogen) atoms. The fraction of sp³-hybridized carbons (Fsp3) is 0.238. The number of aromatic nitrogens is 2. The Morgan fingerprint density at radius 2 is 1.81 bits per heavy atom. The van der Waals surface area contributed by atoms with Gasteiger partial charge in [-0.3, -0.25) is 4.79 Å². The largest absolute Gasteiger partial charge is 0.394 e. The monoisotopic (exact) mass is 532 g/mol. The summed E-state index contributed by atoms with van der Waals surface area (Å²) >= 11 is 12.2. The summed E-state index contributed by atoms with van der Waals surface area (Å²) in [6.07, 6.45) is 2.55. The number of aliphatic hydroxyl groups is 6. The van der Waals surface area contributed by atoms with Gasteiger partial charge in [0.15, 0.2) is 7.85 Å². The number of aromatic amines is 1. The molecule has 9 N–H and O–H groups in total. The molecule has 4 radical (unpaired) electrons. The van der Waals surface area contributed by atoms with Gasteiger partial charge in [-0.15, -0.1) is 0 Å². The maximum Gasteiger partial charge on any atom is 0.295 e. The molecule has 0 aliphatic rings. The van der Waals surface area contributed by atoms with Gasteiger partial charge in [0.25, 0.3) is 11.9 Å². The predicted octanol–water partition coefficient (Wildman–Crippen LogP) is -0.439. The fourth-order valence-electron chi connectivity index (χ4n) is 3.23. The van der Waals surface area contributed by atoms with Crippen molar-refractivity contribution in [1.29, 1.82) is 0 Å². The molecule has 15 heteroatoms. The molecule has 1 aromatic carbocycles. The van der Waals surface area contributed by atoms with Crippen LogP contribution in [0.1, 0.15) is 22.1 Å². The fourth-order valence-corrected chi connectivity index (χ4v) is 3.64. The van der Waals surface area contributed by atoms with Gasteiger partial charge in [0.05, 0.1) is 17.7 Å². The van der Waals surface area contributed by atoms with E-state index in [2.05, 4.69) is 20.6 Å². The van der Waals surface area contributed by atoms with Gasteiger partial charge >= 0.3 is 0 Å². The highest BCUT2D eigenvalue weighted by Gasteiger charge is 2.55. The molecule has 3 rings (SSSR count). The van der Waals surface area contributed by atoms with Gasteiger partial charge in [0, 0.05) is 28.5 Å². The summed E-state index contributed by atoms with van der Waals surface area (Å²) < 4.78 is 0. The molecule has 3 aromatic rings. The Hall–Kier alpha value is -2.61. The zero-order chi connectivity index (χ0) is 26.9. The first kappa shape index (κ1) is 28.0. The van der Waals surface area contributed by atoms with Gasteiger partial charge in [0.1, 0.15) is 30.5 Å². The first-order valence-corrected chi connectivity index (χ1v) is 10.9. The minimum Gasteiger partial charge on any atom is -0.394 e. The van der Waals surface area contributed by atoms with Crippen LogP contribution < -0.4 is 10.6 Å². The topological polar surface area (TPSA) is 191 Å². The second-order valence-corrected chi connectivity index (χ2v) is 8.75. The number of nitrogens with one attached hydrogen (secondary N) is 3. The number of anilines is 1. The summed E-state index contributed by atoms with van der Waals surface area (Å²) in [6.45, 7) is -0.383. The molecule has 2 heterocycles. The lowest BCUT2D eigenvalue weighted by molar-refractivity contribution is -0.358. The van der Waals surface area contributed by atoms with Crippen LogP contribution in [0, 0.1) is 0 Å². The number of amides is 1. The molecule has 2 aromatic heterocycles. The summed E-state index contributed by atoms with van der Waals surface area (Å²) in [5.74, 6) is -4.76. The maximum atomic E-state index is 12.8. The molecular formula is C21H20B2Cl2N4O7. The van der Waals surface area contributed by atoms with Crippen LogP contribution in [0.5, 0.6) is 0 Å². The van der Waals surface area contributed by atoms with Crippen LogP contribution in [-0.2, 0) is 0 Å². The van der Waals surface area contributed by atoms with E-state index in [1.807, 2.05) is 0 Å². The van der Waals surface area contributed by atoms with E-state index < -0.39 is 29.0 Å². The molecule has 0 aliphatic carbocycles. The number of carbonyl (C=O) groups is 1. The number of halogens is 2. The Bertz CT molecular complexity index is 1230. The summed E-state index contributed by atoms with van der Waals surface area (Å²) in [5, 5.41) is 62.9. The third kappa shape index (κ3) is 5.85. The zero-order valence-corrected chi connectivity index (χ0v) is 19.9. The Kier molecular flexibility index (Phi) is 8.08. The number of hydrogen-bond acceptors (Lipinski definition) is 9. The van der Waals surface area contributed by atoms with Gasteiger partial charge in [0.2, 0.25) is 0 Å². The van der Waals surface area contributed by atoms with Crippen LogP contribution in [0.4, 0.5) is 5.82 Å². The second-order valence-electron chi connectivity index (χ2n) is 7.91. The molecule has 0 saturated carbocycles. The lowest BCUT2D eigenvalue weighted by Gasteiger charge is -2.46. The summed E-state index contributed by atoms with van der Waals surface area (Å²) in [7, 11) is 10.6. The van der Waals surface area contributed by atoms with E-state index in [4.69, 9.17) is 38.9 Å². The number of aliphatic hydroxyl groups excluding tert-OH is 1. The first-order valence-electron chi connectivity index (χ1n) is 10.2. The van der Waals surface area contributed by atoms with Gasteiger partial charge in [-0.05, 0) is 29.8 Å². The van der Waals surface area contributed by atoms with E-state index in [1.165, 1.54) is 18.3 Å². The average molecular weight is 533 g/mol. The lowest BCUT2D eigenvalue weighted by Crippen LogP contribution is -2.73. The summed E-state index contributed by atoms with van der Waals surface area (Å²) in [6, 6.07) is 8.57. The highest BCUT2D eigenvalue weighted by atomic mass is 35.5. The van der Waals surface area contributed by atoms with E-state index in [0.717, 1.165) is 6.20 Å². The molecule has 186 valence electrons. The molecule has 0 spiro atoms. The number of pyridine rings is 1. The van der Waals surface area contributed by atoms with Crippen molar-refractivity contribution in [1.82, 2.24) is 15.3 Å². The van der Waals surface area contributed by atoms with Gasteiger partial charge in [-0.25, -0.2) is 4.98 Å². The van der Waals surface area contributed by atoms with Crippen LogP contribution in [0.2, 0.25) is 10.0 Å². The summed E-state index contributed by atoms with van der Waals surface area (Å²) in [4.78, 5) is 19.4. The van der Waals surface area contributed by atoms with Crippen LogP contribution >= 0.6 is 23.2 Å². The van der Waals surface area contributed by atoms with Crippen LogP contribution in [0.15, 0.2) is 48.8 Å². The molecule has 11 nitrogen and oxygen atoms in total. The number of H-pyrrole nitrogens is 1. The van der Waals surface area contributed by atoms with Gasteiger partial charge in [-0.2, -0.15) is 0 Å². The minimum atomic E-state index is -3.90. The number of rotatable bonds is 9. The SMILES string of the molecule is [B]C(O)(O)C([B])(Nc1cc(-c2c[nH]c(C(=O)NC(CO)c3cccc(Cl)c3)c2)c(Cl)cn1)C(O)(O)O. The third-order valence-electron chi connectivity index (χ3n) is 5.27. The number of carbonyl (C=O) groups excluding carboxylic acids is 1. The van der Waals surface area contributed by atoms with E-state index in [1.54, 1.807) is 24.3 Å². The molecule has 2 atom stereocenters. The lowest BCUT2D eigenvalue weighted by atomic mass is 9.61. The molecule has 0 fully saturated rings. The van der Waals surface area contributed by atoms with E-state index in [0.29, 0.717) is 16.1 Å². The zero-order valence-electron chi connectivity index (χ0n) is 18.4. The molecule has 0 aliphatic heterocycles. The Labute approximate surface area is 217 Å². The van der Waals surface area contributed by atoms with Crippen molar-refractivity contribution in [2.45, 2.75) is 23.1 Å². The number of hydrogen-bond donors (Lipinski definition) is 9. The molecular weight excluding hydrogens is 513 g/mol. The van der Waals surface area contributed by atoms with Crippen molar-refractivity contribution in [2.24, 2.45) is 0 Å². The normalized spacial score (nSPS) is 14.7. The van der Waals surface area contributed by atoms with Gasteiger partial charge < -0.3 is 46.3 Å². The third-order valence-corrected chi connectivity index (χ3v) is 5.80. The first-order chi connectivity index (χ1) is 16.7.